The number of nitrogens with one attached hydrogen (secondary N) is 1. The fraction of sp³-hybridized carbons (Fsp3) is 0.500. The molecular formula is C32H45N3O2. The second kappa shape index (κ2) is 12.9. The maximum atomic E-state index is 13.4. The largest absolute Gasteiger partial charge is 0.350 e. The highest BCUT2D eigenvalue weighted by Crippen LogP contribution is 2.30. The molecule has 3 rings (SSSR count). The molecule has 200 valence electrons. The predicted molar refractivity (Wildman–Crippen MR) is 152 cm³/mol. The van der Waals surface area contributed by atoms with Crippen molar-refractivity contribution in [1.82, 2.24) is 15.1 Å². The molecule has 1 atom stereocenters. The van der Waals surface area contributed by atoms with Crippen LogP contribution in [0, 0.1) is 11.3 Å². The Hall–Kier alpha value is -3.08. The van der Waals surface area contributed by atoms with Crippen LogP contribution in [-0.4, -0.2) is 41.2 Å². The molecule has 1 unspecified atom stereocenters. The van der Waals surface area contributed by atoms with Crippen LogP contribution in [0.1, 0.15) is 78.2 Å². The smallest absolute Gasteiger partial charge is 0.268 e. The van der Waals surface area contributed by atoms with Crippen molar-refractivity contribution < 1.29 is 9.59 Å². The normalized spacial score (nSPS) is 18.6. The first-order valence-corrected chi connectivity index (χ1v) is 13.8. The van der Waals surface area contributed by atoms with Gasteiger partial charge < -0.3 is 15.1 Å². The van der Waals surface area contributed by atoms with Gasteiger partial charge in [0.05, 0.1) is 0 Å². The molecule has 0 bridgehead atoms. The maximum absolute atomic E-state index is 13.4. The lowest BCUT2D eigenvalue weighted by Crippen LogP contribution is -2.43. The molecule has 2 amide bonds. The summed E-state index contributed by atoms with van der Waals surface area (Å²) in [6, 6.07) is 10.4. The van der Waals surface area contributed by atoms with Gasteiger partial charge in [0.1, 0.15) is 5.70 Å². The zero-order valence-electron chi connectivity index (χ0n) is 23.4. The first kappa shape index (κ1) is 28.5. The summed E-state index contributed by atoms with van der Waals surface area (Å²) in [6.45, 7) is 17.3. The van der Waals surface area contributed by atoms with E-state index in [2.05, 4.69) is 58.6 Å². The van der Waals surface area contributed by atoms with Crippen LogP contribution in [0.15, 0.2) is 78.3 Å². The van der Waals surface area contributed by atoms with Gasteiger partial charge in [-0.25, -0.2) is 0 Å². The highest BCUT2D eigenvalue weighted by molar-refractivity contribution is 5.94. The molecule has 0 saturated carbocycles. The van der Waals surface area contributed by atoms with Crippen LogP contribution in [0.25, 0.3) is 0 Å². The molecule has 0 aliphatic carbocycles. The van der Waals surface area contributed by atoms with Crippen molar-refractivity contribution in [3.63, 3.8) is 0 Å². The van der Waals surface area contributed by atoms with E-state index in [1.807, 2.05) is 52.4 Å². The molecule has 0 radical (unpaired) electrons. The summed E-state index contributed by atoms with van der Waals surface area (Å²) in [6.07, 6.45) is 11.8. The van der Waals surface area contributed by atoms with Crippen LogP contribution in [0.4, 0.5) is 0 Å². The van der Waals surface area contributed by atoms with Gasteiger partial charge in [-0.05, 0) is 60.3 Å². The number of carbonyl (C=O) groups is 2. The molecule has 2 heterocycles. The van der Waals surface area contributed by atoms with E-state index in [0.29, 0.717) is 30.3 Å². The molecule has 0 spiro atoms. The van der Waals surface area contributed by atoms with Gasteiger partial charge in [0.25, 0.3) is 5.91 Å². The molecule has 2 aliphatic heterocycles. The number of carbonyl (C=O) groups excluding carboxylic acids is 2. The maximum Gasteiger partial charge on any atom is 0.268 e. The summed E-state index contributed by atoms with van der Waals surface area (Å²) in [5.74, 6) is 0.794. The Morgan fingerprint density at radius 1 is 1.19 bits per heavy atom. The second-order valence-electron chi connectivity index (χ2n) is 11.6. The van der Waals surface area contributed by atoms with Crippen molar-refractivity contribution in [3.05, 3.63) is 83.9 Å². The van der Waals surface area contributed by atoms with Gasteiger partial charge in [0.15, 0.2) is 0 Å². The molecule has 0 aromatic heterocycles. The fourth-order valence-corrected chi connectivity index (χ4v) is 5.23. The van der Waals surface area contributed by atoms with Crippen LogP contribution in [0.5, 0.6) is 0 Å². The molecule has 1 saturated heterocycles. The van der Waals surface area contributed by atoms with Crippen LogP contribution in [-0.2, 0) is 9.59 Å². The minimum atomic E-state index is -0.133. The van der Waals surface area contributed by atoms with Gasteiger partial charge in [0.2, 0.25) is 5.91 Å². The molecule has 1 N–H and O–H groups in total. The van der Waals surface area contributed by atoms with Crippen LogP contribution >= 0.6 is 0 Å². The number of amides is 2. The van der Waals surface area contributed by atoms with Crippen LogP contribution < -0.4 is 5.32 Å². The molecule has 1 aromatic rings. The minimum Gasteiger partial charge on any atom is -0.350 e. The number of hydrogen-bond acceptors (Lipinski definition) is 3. The van der Waals surface area contributed by atoms with Gasteiger partial charge >= 0.3 is 0 Å². The summed E-state index contributed by atoms with van der Waals surface area (Å²) in [7, 11) is 0. The van der Waals surface area contributed by atoms with Crippen molar-refractivity contribution in [1.29, 1.82) is 0 Å². The van der Waals surface area contributed by atoms with Crippen LogP contribution in [0.2, 0.25) is 0 Å². The second-order valence-corrected chi connectivity index (χ2v) is 11.6. The van der Waals surface area contributed by atoms with Crippen molar-refractivity contribution in [3.8, 4) is 0 Å². The Bertz CT molecular complexity index is 1050. The average molecular weight is 504 g/mol. The highest BCUT2D eigenvalue weighted by Gasteiger charge is 2.29. The number of hydrogen-bond donors (Lipinski definition) is 1. The average Bonchev–Trinajstić information content (AvgIpc) is 2.86. The Kier molecular flexibility index (Phi) is 9.96. The summed E-state index contributed by atoms with van der Waals surface area (Å²) >= 11 is 0. The Morgan fingerprint density at radius 2 is 1.92 bits per heavy atom. The SMILES string of the molecule is C=C1C=CC=C(C(=O)NCC(CC(C)C)c2ccccc2)N1/C=C(\CC)CC(=O)N1CCCC(C)(C)C1. The van der Waals surface area contributed by atoms with Gasteiger partial charge in [-0.1, -0.05) is 77.6 Å². The van der Waals surface area contributed by atoms with Crippen molar-refractivity contribution in [2.75, 3.05) is 19.6 Å². The Labute approximate surface area is 224 Å². The van der Waals surface area contributed by atoms with Gasteiger partial charge in [-0.2, -0.15) is 0 Å². The lowest BCUT2D eigenvalue weighted by Gasteiger charge is -2.38. The zero-order chi connectivity index (χ0) is 27.0. The van der Waals surface area contributed by atoms with Crippen molar-refractivity contribution >= 4 is 11.8 Å². The summed E-state index contributed by atoms with van der Waals surface area (Å²) < 4.78 is 0. The molecule has 37 heavy (non-hydrogen) atoms. The molecular weight excluding hydrogens is 458 g/mol. The summed E-state index contributed by atoms with van der Waals surface area (Å²) in [5.41, 5.74) is 3.64. The molecule has 1 aromatic carbocycles. The predicted octanol–water partition coefficient (Wildman–Crippen LogP) is 6.53. The Balaban J connectivity index is 1.71. The number of nitrogens with zero attached hydrogens (tertiary/aromatic N) is 2. The standard InChI is InChI=1S/C32H45N3O2/c1-7-26(20-30(36)34-18-12-17-32(5,6)23-34)22-35-25(4)13-11-16-29(35)31(37)33-21-28(19-24(2)3)27-14-9-8-10-15-27/h8-11,13-16,22,24,28H,4,7,12,17-21,23H2,1-3,5-6H3,(H,33,37)/b26-22+. The van der Waals surface area contributed by atoms with E-state index in [-0.39, 0.29) is 23.1 Å². The number of allylic oxidation sites excluding steroid dienone is 3. The van der Waals surface area contributed by atoms with E-state index >= 15 is 0 Å². The third-order valence-electron chi connectivity index (χ3n) is 7.28. The lowest BCUT2D eigenvalue weighted by molar-refractivity contribution is -0.133. The van der Waals surface area contributed by atoms with Gasteiger partial charge in [0, 0.05) is 43.9 Å². The zero-order valence-corrected chi connectivity index (χ0v) is 23.4. The quantitative estimate of drug-likeness (QED) is 0.395. The third-order valence-corrected chi connectivity index (χ3v) is 7.28. The van der Waals surface area contributed by atoms with Crippen molar-refractivity contribution in [2.45, 2.75) is 72.6 Å². The lowest BCUT2D eigenvalue weighted by atomic mass is 9.84. The minimum absolute atomic E-state index is 0.133. The summed E-state index contributed by atoms with van der Waals surface area (Å²) in [4.78, 5) is 30.4. The van der Waals surface area contributed by atoms with E-state index in [1.165, 1.54) is 5.56 Å². The van der Waals surface area contributed by atoms with Gasteiger partial charge in [-0.3, -0.25) is 9.59 Å². The third kappa shape index (κ3) is 8.21. The fourth-order valence-electron chi connectivity index (χ4n) is 5.23. The number of likely N-dealkylation sites (tertiary alicyclic amines) is 1. The molecule has 2 aliphatic rings. The van der Waals surface area contributed by atoms with E-state index in [0.717, 1.165) is 44.3 Å². The molecule has 1 fully saturated rings. The van der Waals surface area contributed by atoms with E-state index in [1.54, 1.807) is 0 Å². The monoisotopic (exact) mass is 503 g/mol. The van der Waals surface area contributed by atoms with Crippen molar-refractivity contribution in [2.24, 2.45) is 11.3 Å². The van der Waals surface area contributed by atoms with Gasteiger partial charge in [-0.15, -0.1) is 0 Å². The van der Waals surface area contributed by atoms with Crippen LogP contribution in [0.3, 0.4) is 0 Å². The summed E-state index contributed by atoms with van der Waals surface area (Å²) in [5, 5.41) is 3.17. The first-order valence-electron chi connectivity index (χ1n) is 13.8. The number of benzene rings is 1. The topological polar surface area (TPSA) is 52.7 Å². The van der Waals surface area contributed by atoms with E-state index in [9.17, 15) is 9.59 Å². The first-order chi connectivity index (χ1) is 17.6. The highest BCUT2D eigenvalue weighted by atomic mass is 16.2. The number of piperidine rings is 1. The number of rotatable bonds is 10. The Morgan fingerprint density at radius 3 is 2.57 bits per heavy atom. The molecule has 5 heteroatoms. The van der Waals surface area contributed by atoms with E-state index in [4.69, 9.17) is 0 Å². The van der Waals surface area contributed by atoms with E-state index < -0.39 is 0 Å². The molecule has 5 nitrogen and oxygen atoms in total.